The van der Waals surface area contributed by atoms with Gasteiger partial charge in [0.15, 0.2) is 4.67 Å². The van der Waals surface area contributed by atoms with Gasteiger partial charge in [-0.05, 0) is 54.1 Å². The molecule has 7 heteroatoms. The van der Waals surface area contributed by atoms with Crippen molar-refractivity contribution in [3.63, 3.8) is 0 Å². The van der Waals surface area contributed by atoms with Crippen molar-refractivity contribution in [2.75, 3.05) is 7.05 Å². The third kappa shape index (κ3) is 4.09. The first-order valence-corrected chi connectivity index (χ1v) is 9.56. The van der Waals surface area contributed by atoms with Gasteiger partial charge in [-0.1, -0.05) is 13.8 Å². The summed E-state index contributed by atoms with van der Waals surface area (Å²) in [5.41, 5.74) is 0. The first-order valence-electron chi connectivity index (χ1n) is 7.28. The summed E-state index contributed by atoms with van der Waals surface area (Å²) in [6.45, 7) is 4.90. The molecule has 2 rings (SSSR count). The van der Waals surface area contributed by atoms with Gasteiger partial charge in [0.25, 0.3) is 0 Å². The Morgan fingerprint density at radius 1 is 1.33 bits per heavy atom. The van der Waals surface area contributed by atoms with Gasteiger partial charge in [0.1, 0.15) is 10.7 Å². The van der Waals surface area contributed by atoms with Crippen LogP contribution in [-0.2, 0) is 16.6 Å². The van der Waals surface area contributed by atoms with Gasteiger partial charge in [0, 0.05) is 12.1 Å². The van der Waals surface area contributed by atoms with E-state index in [1.807, 2.05) is 0 Å². The van der Waals surface area contributed by atoms with Crippen molar-refractivity contribution in [1.29, 1.82) is 0 Å². The van der Waals surface area contributed by atoms with E-state index in [0.717, 1.165) is 19.3 Å². The third-order valence-electron chi connectivity index (χ3n) is 4.27. The normalized spacial score (nSPS) is 27.0. The molecule has 21 heavy (non-hydrogen) atoms. The number of nitrogens with one attached hydrogen (secondary N) is 2. The van der Waals surface area contributed by atoms with Crippen molar-refractivity contribution in [2.24, 2.45) is 11.8 Å². The van der Waals surface area contributed by atoms with Gasteiger partial charge in [0.2, 0.25) is 10.0 Å². The van der Waals surface area contributed by atoms with Gasteiger partial charge < -0.3 is 9.73 Å². The average Bonchev–Trinajstić information content (AvgIpc) is 2.76. The minimum atomic E-state index is -3.55. The lowest BCUT2D eigenvalue weighted by molar-refractivity contribution is 0.242. The third-order valence-corrected chi connectivity index (χ3v) is 6.64. The van der Waals surface area contributed by atoms with Crippen LogP contribution in [-0.4, -0.2) is 21.5 Å². The van der Waals surface area contributed by atoms with Crippen LogP contribution in [0.2, 0.25) is 0 Å². The predicted molar refractivity (Wildman–Crippen MR) is 85.5 cm³/mol. The Bertz CT molecular complexity index is 585. The summed E-state index contributed by atoms with van der Waals surface area (Å²) in [7, 11) is -1.76. The predicted octanol–water partition coefficient (Wildman–Crippen LogP) is 2.86. The molecule has 1 saturated carbocycles. The Labute approximate surface area is 135 Å². The second kappa shape index (κ2) is 6.81. The van der Waals surface area contributed by atoms with Gasteiger partial charge in [-0.3, -0.25) is 0 Å². The topological polar surface area (TPSA) is 71.3 Å². The second-order valence-electron chi connectivity index (χ2n) is 5.97. The van der Waals surface area contributed by atoms with E-state index in [1.165, 1.54) is 0 Å². The van der Waals surface area contributed by atoms with E-state index in [-0.39, 0.29) is 15.6 Å². The van der Waals surface area contributed by atoms with Crippen molar-refractivity contribution >= 4 is 26.0 Å². The zero-order valence-electron chi connectivity index (χ0n) is 12.6. The molecule has 0 aromatic carbocycles. The highest BCUT2D eigenvalue weighted by Gasteiger charge is 2.30. The summed E-state index contributed by atoms with van der Waals surface area (Å²) < 4.78 is 33.5. The van der Waals surface area contributed by atoms with Crippen molar-refractivity contribution in [2.45, 2.75) is 50.6 Å². The fraction of sp³-hybridized carbons (Fsp3) is 0.714. The van der Waals surface area contributed by atoms with Crippen molar-refractivity contribution in [3.8, 4) is 0 Å². The minimum Gasteiger partial charge on any atom is -0.452 e. The standard InChI is InChI=1S/C14H23BrN2O3S/c1-9-4-5-11(6-10(9)2)17-21(18,19)13-7-12(8-16-3)20-14(13)15/h7,9-11,16-17H,4-6,8H2,1-3H3. The highest BCUT2D eigenvalue weighted by molar-refractivity contribution is 9.10. The Morgan fingerprint density at radius 2 is 2.05 bits per heavy atom. The molecule has 1 fully saturated rings. The van der Waals surface area contributed by atoms with Gasteiger partial charge in [0.05, 0.1) is 6.54 Å². The van der Waals surface area contributed by atoms with Crippen LogP contribution in [0.25, 0.3) is 0 Å². The number of furan rings is 1. The number of hydrogen-bond acceptors (Lipinski definition) is 4. The van der Waals surface area contributed by atoms with Gasteiger partial charge in [-0.15, -0.1) is 0 Å². The largest absolute Gasteiger partial charge is 0.452 e. The Morgan fingerprint density at radius 3 is 2.67 bits per heavy atom. The minimum absolute atomic E-state index is 0.00995. The van der Waals surface area contributed by atoms with Crippen LogP contribution >= 0.6 is 15.9 Å². The molecule has 0 spiro atoms. The fourth-order valence-corrected chi connectivity index (χ4v) is 5.06. The maximum absolute atomic E-state index is 12.5. The van der Waals surface area contributed by atoms with Crippen LogP contribution < -0.4 is 10.0 Å². The van der Waals surface area contributed by atoms with Gasteiger partial charge in [-0.25, -0.2) is 13.1 Å². The molecular weight excluding hydrogens is 356 g/mol. The quantitative estimate of drug-likeness (QED) is 0.825. The smallest absolute Gasteiger partial charge is 0.245 e. The summed E-state index contributed by atoms with van der Waals surface area (Å²) in [6, 6.07) is 1.58. The summed E-state index contributed by atoms with van der Waals surface area (Å²) in [4.78, 5) is 0.180. The monoisotopic (exact) mass is 378 g/mol. The number of rotatable bonds is 5. The molecule has 2 N–H and O–H groups in total. The van der Waals surface area contributed by atoms with Crippen LogP contribution in [0.3, 0.4) is 0 Å². The van der Waals surface area contributed by atoms with Crippen molar-refractivity contribution < 1.29 is 12.8 Å². The van der Waals surface area contributed by atoms with E-state index in [1.54, 1.807) is 13.1 Å². The number of hydrogen-bond donors (Lipinski definition) is 2. The Kier molecular flexibility index (Phi) is 5.51. The lowest BCUT2D eigenvalue weighted by Gasteiger charge is -2.32. The van der Waals surface area contributed by atoms with Gasteiger partial charge in [-0.2, -0.15) is 0 Å². The molecule has 5 nitrogen and oxygen atoms in total. The molecule has 3 unspecified atom stereocenters. The zero-order valence-corrected chi connectivity index (χ0v) is 15.1. The van der Waals surface area contributed by atoms with E-state index in [9.17, 15) is 8.42 Å². The molecule has 0 saturated heterocycles. The summed E-state index contributed by atoms with van der Waals surface area (Å²) in [6.07, 6.45) is 2.84. The Hall–Kier alpha value is -0.370. The summed E-state index contributed by atoms with van der Waals surface area (Å²) in [5.74, 6) is 1.79. The molecule has 120 valence electrons. The van der Waals surface area contributed by atoms with Crippen LogP contribution in [0.1, 0.15) is 38.9 Å². The molecule has 1 aromatic heterocycles. The molecule has 1 aromatic rings. The SMILES string of the molecule is CNCc1cc(S(=O)(=O)NC2CCC(C)C(C)C2)c(Br)o1. The molecule has 1 aliphatic carbocycles. The Balaban J connectivity index is 2.11. The van der Waals surface area contributed by atoms with Crippen LogP contribution in [0.5, 0.6) is 0 Å². The molecule has 1 aliphatic rings. The molecule has 0 aliphatic heterocycles. The zero-order chi connectivity index (χ0) is 15.6. The van der Waals surface area contributed by atoms with E-state index < -0.39 is 10.0 Å². The van der Waals surface area contributed by atoms with E-state index in [2.05, 4.69) is 39.8 Å². The second-order valence-corrected chi connectivity index (χ2v) is 8.37. The summed E-state index contributed by atoms with van der Waals surface area (Å²) in [5, 5.41) is 2.94. The highest BCUT2D eigenvalue weighted by atomic mass is 79.9. The first kappa shape index (κ1) is 17.0. The summed E-state index contributed by atoms with van der Waals surface area (Å²) >= 11 is 3.20. The first-order chi connectivity index (χ1) is 9.83. The molecule has 1 heterocycles. The van der Waals surface area contributed by atoms with Gasteiger partial charge >= 0.3 is 0 Å². The molecule has 3 atom stereocenters. The number of sulfonamides is 1. The van der Waals surface area contributed by atoms with Crippen molar-refractivity contribution in [3.05, 3.63) is 16.5 Å². The maximum atomic E-state index is 12.5. The van der Waals surface area contributed by atoms with Crippen LogP contribution in [0, 0.1) is 11.8 Å². The lowest BCUT2D eigenvalue weighted by atomic mass is 9.79. The highest BCUT2D eigenvalue weighted by Crippen LogP contribution is 2.31. The molecular formula is C14H23BrN2O3S. The average molecular weight is 379 g/mol. The van der Waals surface area contributed by atoms with Crippen LogP contribution in [0.4, 0.5) is 0 Å². The molecule has 0 radical (unpaired) electrons. The molecule has 0 bridgehead atoms. The van der Waals surface area contributed by atoms with E-state index in [0.29, 0.717) is 24.1 Å². The van der Waals surface area contributed by atoms with Crippen molar-refractivity contribution in [1.82, 2.24) is 10.0 Å². The van der Waals surface area contributed by atoms with E-state index >= 15 is 0 Å². The number of halogens is 1. The van der Waals surface area contributed by atoms with E-state index in [4.69, 9.17) is 4.42 Å². The molecule has 0 amide bonds. The fourth-order valence-electron chi connectivity index (χ4n) is 2.78. The van der Waals surface area contributed by atoms with Crippen LogP contribution in [0.15, 0.2) is 20.0 Å². The maximum Gasteiger partial charge on any atom is 0.245 e. The lowest BCUT2D eigenvalue weighted by Crippen LogP contribution is -2.39.